The SMILES string of the molecule is CCC[N+]1(CC)CCCN(c2ccccc2)CC1.[I-]. The summed E-state index contributed by atoms with van der Waals surface area (Å²) in [6, 6.07) is 10.9. The zero-order valence-corrected chi connectivity index (χ0v) is 14.5. The Morgan fingerprint density at radius 3 is 2.42 bits per heavy atom. The number of benzene rings is 1. The van der Waals surface area contributed by atoms with Gasteiger partial charge in [0.15, 0.2) is 0 Å². The molecule has 0 radical (unpaired) electrons. The summed E-state index contributed by atoms with van der Waals surface area (Å²) < 4.78 is 1.32. The minimum atomic E-state index is 0. The van der Waals surface area contributed by atoms with E-state index in [4.69, 9.17) is 0 Å². The molecule has 108 valence electrons. The Morgan fingerprint density at radius 1 is 1.05 bits per heavy atom. The predicted molar refractivity (Wildman–Crippen MR) is 79.0 cm³/mol. The summed E-state index contributed by atoms with van der Waals surface area (Å²) in [6.07, 6.45) is 2.63. The van der Waals surface area contributed by atoms with Crippen molar-refractivity contribution in [3.63, 3.8) is 0 Å². The fourth-order valence-corrected chi connectivity index (χ4v) is 3.22. The van der Waals surface area contributed by atoms with Gasteiger partial charge in [0.05, 0.1) is 32.7 Å². The van der Waals surface area contributed by atoms with Crippen molar-refractivity contribution in [3.8, 4) is 0 Å². The lowest BCUT2D eigenvalue weighted by Crippen LogP contribution is -3.00. The smallest absolute Gasteiger partial charge is 0.0964 e. The first-order valence-corrected chi connectivity index (χ1v) is 7.45. The van der Waals surface area contributed by atoms with Gasteiger partial charge in [-0.3, -0.25) is 0 Å². The van der Waals surface area contributed by atoms with E-state index in [0.29, 0.717) is 0 Å². The zero-order valence-electron chi connectivity index (χ0n) is 12.3. The van der Waals surface area contributed by atoms with Crippen molar-refractivity contribution in [2.75, 3.05) is 44.2 Å². The maximum absolute atomic E-state index is 2.56. The van der Waals surface area contributed by atoms with Gasteiger partial charge >= 0.3 is 0 Å². The number of hydrogen-bond donors (Lipinski definition) is 0. The molecule has 2 nitrogen and oxygen atoms in total. The maximum Gasteiger partial charge on any atom is 0.0964 e. The zero-order chi connectivity index (χ0) is 12.8. The van der Waals surface area contributed by atoms with Crippen molar-refractivity contribution >= 4 is 5.69 Å². The van der Waals surface area contributed by atoms with E-state index in [-0.39, 0.29) is 24.0 Å². The minimum Gasteiger partial charge on any atom is -1.00 e. The topological polar surface area (TPSA) is 3.24 Å². The van der Waals surface area contributed by atoms with Crippen molar-refractivity contribution in [1.82, 2.24) is 0 Å². The first-order valence-electron chi connectivity index (χ1n) is 7.45. The second-order valence-corrected chi connectivity index (χ2v) is 5.50. The number of para-hydroxylation sites is 1. The van der Waals surface area contributed by atoms with Crippen LogP contribution in [0.15, 0.2) is 30.3 Å². The van der Waals surface area contributed by atoms with E-state index in [1.807, 2.05) is 0 Å². The molecular formula is C16H27IN2. The van der Waals surface area contributed by atoms with E-state index in [0.717, 1.165) is 0 Å². The standard InChI is InChI=1S/C16H27N2.HI/c1-3-13-18(4-2)14-8-11-17(12-15-18)16-9-6-5-7-10-16;/h5-7,9-10H,3-4,8,11-15H2,1-2H3;1H/q+1;/p-1. The highest BCUT2D eigenvalue weighted by molar-refractivity contribution is 5.45. The van der Waals surface area contributed by atoms with Gasteiger partial charge in [0.1, 0.15) is 0 Å². The lowest BCUT2D eigenvalue weighted by atomic mass is 10.2. The van der Waals surface area contributed by atoms with Crippen LogP contribution in [0.2, 0.25) is 0 Å². The molecule has 0 amide bonds. The highest BCUT2D eigenvalue weighted by Gasteiger charge is 2.28. The van der Waals surface area contributed by atoms with Gasteiger partial charge in [0, 0.05) is 18.7 Å². The van der Waals surface area contributed by atoms with Gasteiger partial charge in [-0.2, -0.15) is 0 Å². The molecule has 0 aromatic heterocycles. The molecule has 0 spiro atoms. The number of halogens is 1. The molecule has 1 heterocycles. The van der Waals surface area contributed by atoms with E-state index in [9.17, 15) is 0 Å². The molecule has 1 saturated heterocycles. The van der Waals surface area contributed by atoms with Crippen LogP contribution in [0.1, 0.15) is 26.7 Å². The maximum atomic E-state index is 2.56. The Labute approximate surface area is 135 Å². The summed E-state index contributed by atoms with van der Waals surface area (Å²) in [5, 5.41) is 0. The van der Waals surface area contributed by atoms with Gasteiger partial charge in [-0.1, -0.05) is 25.1 Å². The minimum absolute atomic E-state index is 0. The summed E-state index contributed by atoms with van der Waals surface area (Å²) in [4.78, 5) is 2.56. The van der Waals surface area contributed by atoms with Crippen molar-refractivity contribution < 1.29 is 28.5 Å². The average molecular weight is 374 g/mol. The number of rotatable bonds is 4. The van der Waals surface area contributed by atoms with Crippen LogP contribution in [-0.2, 0) is 0 Å². The summed E-state index contributed by atoms with van der Waals surface area (Å²) in [7, 11) is 0. The van der Waals surface area contributed by atoms with Crippen LogP contribution in [0.4, 0.5) is 5.69 Å². The quantitative estimate of drug-likeness (QED) is 0.536. The summed E-state index contributed by atoms with van der Waals surface area (Å²) in [6.45, 7) is 12.4. The Morgan fingerprint density at radius 2 is 1.79 bits per heavy atom. The first kappa shape index (κ1) is 16.8. The molecular weight excluding hydrogens is 347 g/mol. The predicted octanol–water partition coefficient (Wildman–Crippen LogP) is 0.147. The molecule has 1 fully saturated rings. The Balaban J connectivity index is 0.00000180. The average Bonchev–Trinajstić information content (AvgIpc) is 2.64. The molecule has 3 heteroatoms. The van der Waals surface area contributed by atoms with Crippen molar-refractivity contribution in [3.05, 3.63) is 30.3 Å². The summed E-state index contributed by atoms with van der Waals surface area (Å²) in [5.74, 6) is 0. The Hall–Kier alpha value is -0.290. The largest absolute Gasteiger partial charge is 1.00 e. The fourth-order valence-electron chi connectivity index (χ4n) is 3.22. The molecule has 1 aliphatic heterocycles. The van der Waals surface area contributed by atoms with Crippen LogP contribution in [0, 0.1) is 0 Å². The van der Waals surface area contributed by atoms with Gasteiger partial charge < -0.3 is 33.4 Å². The lowest BCUT2D eigenvalue weighted by Gasteiger charge is -2.36. The van der Waals surface area contributed by atoms with Crippen molar-refractivity contribution in [1.29, 1.82) is 0 Å². The van der Waals surface area contributed by atoms with Gasteiger partial charge in [-0.05, 0) is 25.5 Å². The Bertz CT molecular complexity index is 355. The second-order valence-electron chi connectivity index (χ2n) is 5.50. The fraction of sp³-hybridized carbons (Fsp3) is 0.625. The van der Waals surface area contributed by atoms with E-state index < -0.39 is 0 Å². The van der Waals surface area contributed by atoms with Gasteiger partial charge in [0.25, 0.3) is 0 Å². The van der Waals surface area contributed by atoms with Crippen LogP contribution in [0.25, 0.3) is 0 Å². The molecule has 0 saturated carbocycles. The second kappa shape index (κ2) is 8.10. The number of quaternary nitrogens is 1. The molecule has 0 N–H and O–H groups in total. The summed E-state index contributed by atoms with van der Waals surface area (Å²) in [5.41, 5.74) is 1.39. The number of nitrogens with zero attached hydrogens (tertiary/aromatic N) is 2. The normalized spacial score (nSPS) is 23.6. The Kier molecular flexibility index (Phi) is 7.15. The van der Waals surface area contributed by atoms with Gasteiger partial charge in [0.2, 0.25) is 0 Å². The molecule has 1 aromatic carbocycles. The third-order valence-electron chi connectivity index (χ3n) is 4.39. The van der Waals surface area contributed by atoms with Gasteiger partial charge in [-0.15, -0.1) is 0 Å². The highest BCUT2D eigenvalue weighted by Crippen LogP contribution is 2.19. The third kappa shape index (κ3) is 4.35. The molecule has 2 rings (SSSR count). The van der Waals surface area contributed by atoms with Crippen LogP contribution in [-0.4, -0.2) is 43.8 Å². The summed E-state index contributed by atoms with van der Waals surface area (Å²) >= 11 is 0. The van der Waals surface area contributed by atoms with Crippen LogP contribution >= 0.6 is 0 Å². The van der Waals surface area contributed by atoms with Crippen molar-refractivity contribution in [2.24, 2.45) is 0 Å². The highest BCUT2D eigenvalue weighted by atomic mass is 127. The lowest BCUT2D eigenvalue weighted by molar-refractivity contribution is -0.924. The molecule has 1 unspecified atom stereocenters. The van der Waals surface area contributed by atoms with Crippen LogP contribution < -0.4 is 28.9 Å². The van der Waals surface area contributed by atoms with Crippen molar-refractivity contribution in [2.45, 2.75) is 26.7 Å². The number of hydrogen-bond acceptors (Lipinski definition) is 1. The molecule has 19 heavy (non-hydrogen) atoms. The monoisotopic (exact) mass is 374 g/mol. The van der Waals surface area contributed by atoms with E-state index >= 15 is 0 Å². The molecule has 1 aromatic rings. The third-order valence-corrected chi connectivity index (χ3v) is 4.39. The van der Waals surface area contributed by atoms with E-state index in [1.165, 1.54) is 62.3 Å². The van der Waals surface area contributed by atoms with E-state index in [2.05, 4.69) is 49.1 Å². The number of likely N-dealkylation sites (N-methyl/N-ethyl adjacent to an activating group) is 1. The number of anilines is 1. The van der Waals surface area contributed by atoms with Gasteiger partial charge in [-0.25, -0.2) is 0 Å². The molecule has 0 aliphatic carbocycles. The van der Waals surface area contributed by atoms with E-state index in [1.54, 1.807) is 0 Å². The van der Waals surface area contributed by atoms with Crippen LogP contribution in [0.5, 0.6) is 0 Å². The molecule has 1 atom stereocenters. The molecule has 0 bridgehead atoms. The van der Waals surface area contributed by atoms with Crippen LogP contribution in [0.3, 0.4) is 0 Å². The first-order chi connectivity index (χ1) is 8.79. The molecule has 1 aliphatic rings.